The molecule has 0 aromatic heterocycles. The van der Waals surface area contributed by atoms with Crippen LogP contribution in [0.3, 0.4) is 0 Å². The van der Waals surface area contributed by atoms with Gasteiger partial charge in [0.1, 0.15) is 0 Å². The summed E-state index contributed by atoms with van der Waals surface area (Å²) in [6, 6.07) is 6.20. The molecule has 1 aromatic rings. The number of nitrogens with one attached hydrogen (secondary N) is 1. The van der Waals surface area contributed by atoms with E-state index < -0.39 is 0 Å². The van der Waals surface area contributed by atoms with Crippen molar-refractivity contribution in [3.05, 3.63) is 23.8 Å². The maximum atomic E-state index is 11.7. The number of nitrogens with zero attached hydrogens (tertiary/aromatic N) is 4. The lowest BCUT2D eigenvalue weighted by molar-refractivity contribution is -0.130. The zero-order chi connectivity index (χ0) is 22.9. The highest BCUT2D eigenvalue weighted by Gasteiger charge is 2.25. The fourth-order valence-electron chi connectivity index (χ4n) is 4.21. The number of benzene rings is 1. The lowest BCUT2D eigenvalue weighted by atomic mass is 10.0. The van der Waals surface area contributed by atoms with Crippen LogP contribution in [0.15, 0.2) is 23.2 Å². The Balaban J connectivity index is 0.00000385. The molecule has 2 aliphatic rings. The van der Waals surface area contributed by atoms with Gasteiger partial charge < -0.3 is 29.3 Å². The first-order chi connectivity index (χ1) is 15.6. The molecule has 33 heavy (non-hydrogen) atoms. The first kappa shape index (κ1) is 27.5. The minimum Gasteiger partial charge on any atom is -0.493 e. The number of hydrogen-bond donors (Lipinski definition) is 1. The molecular formula is C23H38IN5O4. The second-order valence-corrected chi connectivity index (χ2v) is 7.97. The quantitative estimate of drug-likeness (QED) is 0.302. The van der Waals surface area contributed by atoms with E-state index in [9.17, 15) is 4.79 Å². The number of carbonyl (C=O) groups is 1. The number of carbonyl (C=O) groups excluding carboxylic acids is 1. The van der Waals surface area contributed by atoms with E-state index in [4.69, 9.17) is 19.2 Å². The molecule has 186 valence electrons. The zero-order valence-electron chi connectivity index (χ0n) is 20.2. The molecule has 9 nitrogen and oxygen atoms in total. The van der Waals surface area contributed by atoms with Crippen LogP contribution in [-0.4, -0.2) is 106 Å². The molecule has 0 bridgehead atoms. The summed E-state index contributed by atoms with van der Waals surface area (Å²) in [7, 11) is 3.31. The van der Waals surface area contributed by atoms with Crippen molar-refractivity contribution in [2.24, 2.45) is 4.99 Å². The van der Waals surface area contributed by atoms with Gasteiger partial charge in [-0.3, -0.25) is 14.7 Å². The van der Waals surface area contributed by atoms with Crippen molar-refractivity contribution in [1.82, 2.24) is 20.0 Å². The van der Waals surface area contributed by atoms with Crippen molar-refractivity contribution in [3.8, 4) is 11.5 Å². The summed E-state index contributed by atoms with van der Waals surface area (Å²) >= 11 is 0. The molecule has 0 aliphatic carbocycles. The van der Waals surface area contributed by atoms with Crippen molar-refractivity contribution in [1.29, 1.82) is 0 Å². The third-order valence-electron chi connectivity index (χ3n) is 6.05. The van der Waals surface area contributed by atoms with Gasteiger partial charge in [-0.1, -0.05) is 6.07 Å². The summed E-state index contributed by atoms with van der Waals surface area (Å²) in [5, 5.41) is 3.43. The minimum atomic E-state index is 0. The fourth-order valence-corrected chi connectivity index (χ4v) is 4.21. The number of amides is 1. The second-order valence-electron chi connectivity index (χ2n) is 7.97. The molecule has 0 saturated carbocycles. The molecular weight excluding hydrogens is 537 g/mol. The molecule has 2 fully saturated rings. The fraction of sp³-hybridized carbons (Fsp3) is 0.652. The number of piperazine rings is 1. The Morgan fingerprint density at radius 2 is 1.70 bits per heavy atom. The first-order valence-corrected chi connectivity index (χ1v) is 11.4. The van der Waals surface area contributed by atoms with Crippen molar-refractivity contribution in [3.63, 3.8) is 0 Å². The molecule has 3 rings (SSSR count). The van der Waals surface area contributed by atoms with Crippen LogP contribution in [0, 0.1) is 0 Å². The number of methoxy groups -OCH3 is 2. The van der Waals surface area contributed by atoms with Crippen LogP contribution in [0.1, 0.15) is 25.5 Å². The highest BCUT2D eigenvalue weighted by molar-refractivity contribution is 14.0. The summed E-state index contributed by atoms with van der Waals surface area (Å²) in [5.41, 5.74) is 1.14. The van der Waals surface area contributed by atoms with Crippen LogP contribution in [-0.2, 0) is 9.53 Å². The van der Waals surface area contributed by atoms with E-state index in [0.29, 0.717) is 6.54 Å². The van der Waals surface area contributed by atoms with E-state index in [1.807, 2.05) is 17.0 Å². The highest BCUT2D eigenvalue weighted by Crippen LogP contribution is 2.32. The van der Waals surface area contributed by atoms with Crippen LogP contribution in [0.25, 0.3) is 0 Å². The third kappa shape index (κ3) is 7.35. The van der Waals surface area contributed by atoms with Gasteiger partial charge in [-0.15, -0.1) is 24.0 Å². The molecule has 2 aliphatic heterocycles. The topological polar surface area (TPSA) is 78.9 Å². The number of ether oxygens (including phenoxy) is 3. The maximum absolute atomic E-state index is 11.7. The number of aliphatic imine (C=N–C) groups is 1. The second kappa shape index (κ2) is 13.8. The van der Waals surface area contributed by atoms with Gasteiger partial charge >= 0.3 is 0 Å². The largest absolute Gasteiger partial charge is 0.493 e. The monoisotopic (exact) mass is 575 g/mol. The van der Waals surface area contributed by atoms with E-state index in [1.165, 1.54) is 0 Å². The smallest absolute Gasteiger partial charge is 0.219 e. The summed E-state index contributed by atoms with van der Waals surface area (Å²) in [6.45, 7) is 11.3. The molecule has 1 N–H and O–H groups in total. The van der Waals surface area contributed by atoms with Crippen LogP contribution in [0.4, 0.5) is 0 Å². The standard InChI is InChI=1S/C23H37N5O4.HI/c1-5-24-23(28-10-8-26(9-11-28)18(2)29)25-17-20(27-12-14-32-15-13-27)19-6-7-21(30-3)22(16-19)31-4;/h6-7,16,20H,5,8-15,17H2,1-4H3,(H,24,25);1H. The van der Waals surface area contributed by atoms with Crippen LogP contribution >= 0.6 is 24.0 Å². The summed E-state index contributed by atoms with van der Waals surface area (Å²) in [4.78, 5) is 23.3. The molecule has 10 heteroatoms. The molecule has 1 amide bonds. The molecule has 1 aromatic carbocycles. The van der Waals surface area contributed by atoms with Crippen molar-refractivity contribution < 1.29 is 19.0 Å². The first-order valence-electron chi connectivity index (χ1n) is 11.4. The summed E-state index contributed by atoms with van der Waals surface area (Å²) in [5.74, 6) is 2.47. The zero-order valence-corrected chi connectivity index (χ0v) is 22.5. The Hall–Kier alpha value is -1.79. The van der Waals surface area contributed by atoms with E-state index >= 15 is 0 Å². The lowest BCUT2D eigenvalue weighted by Crippen LogP contribution is -2.53. The Labute approximate surface area is 214 Å². The average molecular weight is 575 g/mol. The highest BCUT2D eigenvalue weighted by atomic mass is 127. The van der Waals surface area contributed by atoms with E-state index in [0.717, 1.165) is 82.0 Å². The van der Waals surface area contributed by atoms with E-state index in [2.05, 4.69) is 28.1 Å². The van der Waals surface area contributed by atoms with E-state index in [-0.39, 0.29) is 35.9 Å². The molecule has 0 spiro atoms. The van der Waals surface area contributed by atoms with Crippen LogP contribution in [0.5, 0.6) is 11.5 Å². The third-order valence-corrected chi connectivity index (χ3v) is 6.05. The predicted molar refractivity (Wildman–Crippen MR) is 140 cm³/mol. The predicted octanol–water partition coefficient (Wildman–Crippen LogP) is 1.82. The molecule has 0 radical (unpaired) electrons. The van der Waals surface area contributed by atoms with Gasteiger partial charge in [0.2, 0.25) is 5.91 Å². The van der Waals surface area contributed by atoms with Crippen molar-refractivity contribution >= 4 is 35.8 Å². The Kier molecular flexibility index (Phi) is 11.5. The normalized spacial score (nSPS) is 18.4. The lowest BCUT2D eigenvalue weighted by Gasteiger charge is -2.37. The number of halogens is 1. The number of rotatable bonds is 7. The van der Waals surface area contributed by atoms with E-state index in [1.54, 1.807) is 21.1 Å². The van der Waals surface area contributed by atoms with Crippen LogP contribution < -0.4 is 14.8 Å². The van der Waals surface area contributed by atoms with Crippen LogP contribution in [0.2, 0.25) is 0 Å². The SMILES string of the molecule is CCNC(=NCC(c1ccc(OC)c(OC)c1)N1CCOCC1)N1CCN(C(C)=O)CC1.I. The number of hydrogen-bond acceptors (Lipinski definition) is 6. The Bertz CT molecular complexity index is 780. The van der Waals surface area contributed by atoms with Gasteiger partial charge in [-0.2, -0.15) is 0 Å². The minimum absolute atomic E-state index is 0. The van der Waals surface area contributed by atoms with Crippen molar-refractivity contribution in [2.45, 2.75) is 19.9 Å². The summed E-state index contributed by atoms with van der Waals surface area (Å²) < 4.78 is 16.5. The number of guanidine groups is 1. The number of morpholine rings is 1. The van der Waals surface area contributed by atoms with Gasteiger partial charge in [-0.25, -0.2) is 0 Å². The van der Waals surface area contributed by atoms with Gasteiger partial charge in [-0.05, 0) is 24.6 Å². The Morgan fingerprint density at radius 1 is 1.06 bits per heavy atom. The van der Waals surface area contributed by atoms with Gasteiger partial charge in [0.25, 0.3) is 0 Å². The molecule has 1 unspecified atom stereocenters. The molecule has 2 saturated heterocycles. The Morgan fingerprint density at radius 3 is 2.27 bits per heavy atom. The van der Waals surface area contributed by atoms with Gasteiger partial charge in [0.15, 0.2) is 17.5 Å². The van der Waals surface area contributed by atoms with Crippen molar-refractivity contribution in [2.75, 3.05) is 79.8 Å². The van der Waals surface area contributed by atoms with Gasteiger partial charge in [0, 0.05) is 52.7 Å². The summed E-state index contributed by atoms with van der Waals surface area (Å²) in [6.07, 6.45) is 0. The maximum Gasteiger partial charge on any atom is 0.219 e. The molecule has 1 atom stereocenters. The average Bonchev–Trinajstić information content (AvgIpc) is 2.84. The molecule has 2 heterocycles. The van der Waals surface area contributed by atoms with Gasteiger partial charge in [0.05, 0.1) is 40.0 Å².